The fraction of sp³-hybridized carbons (Fsp3) is 0.500. The van der Waals surface area contributed by atoms with Crippen LogP contribution in [0.2, 0.25) is 0 Å². The molecule has 1 heterocycles. The molecule has 0 saturated heterocycles. The van der Waals surface area contributed by atoms with Gasteiger partial charge < -0.3 is 9.84 Å². The maximum Gasteiger partial charge on any atom is 0.257 e. The fourth-order valence-corrected chi connectivity index (χ4v) is 2.19. The molecule has 1 saturated carbocycles. The van der Waals surface area contributed by atoms with Crippen LogP contribution in [0, 0.1) is 5.92 Å². The number of nitrogens with one attached hydrogen (secondary N) is 1. The van der Waals surface area contributed by atoms with Crippen LogP contribution in [0.15, 0.2) is 28.8 Å². The average Bonchev–Trinajstić information content (AvgIpc) is 3.19. The van der Waals surface area contributed by atoms with Gasteiger partial charge in [-0.1, -0.05) is 24.2 Å². The van der Waals surface area contributed by atoms with E-state index in [0.717, 1.165) is 36.7 Å². The summed E-state index contributed by atoms with van der Waals surface area (Å²) in [6.07, 6.45) is 4.68. The average molecular weight is 271 g/mol. The van der Waals surface area contributed by atoms with Crippen molar-refractivity contribution in [2.24, 2.45) is 5.92 Å². The molecule has 1 aliphatic rings. The lowest BCUT2D eigenvalue weighted by Crippen LogP contribution is -2.19. The van der Waals surface area contributed by atoms with Crippen molar-refractivity contribution in [3.05, 3.63) is 35.7 Å². The Kier molecular flexibility index (Phi) is 4.11. The fourth-order valence-electron chi connectivity index (χ4n) is 2.19. The predicted octanol–water partition coefficient (Wildman–Crippen LogP) is 2.84. The van der Waals surface area contributed by atoms with Gasteiger partial charge in [0.25, 0.3) is 5.89 Å². The first kappa shape index (κ1) is 13.3. The number of benzene rings is 1. The van der Waals surface area contributed by atoms with Crippen molar-refractivity contribution in [1.29, 1.82) is 0 Å². The van der Waals surface area contributed by atoms with Gasteiger partial charge in [-0.15, -0.1) is 0 Å². The lowest BCUT2D eigenvalue weighted by Gasteiger charge is -2.04. The molecule has 0 spiro atoms. The number of aryl methyl sites for hydroxylation is 1. The minimum absolute atomic E-state index is 0.611. The number of nitrogens with zero attached hydrogens (tertiary/aromatic N) is 2. The Bertz CT molecular complexity index is 543. The van der Waals surface area contributed by atoms with Gasteiger partial charge in [-0.3, -0.25) is 0 Å². The van der Waals surface area contributed by atoms with Crippen molar-refractivity contribution in [2.75, 3.05) is 13.1 Å². The third kappa shape index (κ3) is 3.45. The van der Waals surface area contributed by atoms with Crippen LogP contribution >= 0.6 is 0 Å². The Morgan fingerprint density at radius 2 is 2.05 bits per heavy atom. The van der Waals surface area contributed by atoms with Crippen molar-refractivity contribution in [2.45, 2.75) is 32.6 Å². The first-order valence-corrected chi connectivity index (χ1v) is 7.47. The molecule has 20 heavy (non-hydrogen) atoms. The van der Waals surface area contributed by atoms with Crippen molar-refractivity contribution in [1.82, 2.24) is 15.5 Å². The molecule has 1 N–H and O–H groups in total. The van der Waals surface area contributed by atoms with Crippen LogP contribution in [0.4, 0.5) is 0 Å². The summed E-state index contributed by atoms with van der Waals surface area (Å²) in [5.41, 5.74) is 2.33. The van der Waals surface area contributed by atoms with E-state index < -0.39 is 0 Å². The summed E-state index contributed by atoms with van der Waals surface area (Å²) < 4.78 is 5.24. The number of hydrogen-bond acceptors (Lipinski definition) is 4. The number of hydrogen-bond donors (Lipinski definition) is 1. The molecule has 4 heteroatoms. The minimum Gasteiger partial charge on any atom is -0.334 e. The van der Waals surface area contributed by atoms with Crippen molar-refractivity contribution in [3.63, 3.8) is 0 Å². The second-order valence-corrected chi connectivity index (χ2v) is 5.46. The molecule has 0 atom stereocenters. The third-order valence-corrected chi connectivity index (χ3v) is 3.71. The Morgan fingerprint density at radius 3 is 2.70 bits per heavy atom. The van der Waals surface area contributed by atoms with Crippen LogP contribution in [-0.4, -0.2) is 23.2 Å². The molecule has 1 aliphatic carbocycles. The second-order valence-electron chi connectivity index (χ2n) is 5.46. The van der Waals surface area contributed by atoms with E-state index in [0.29, 0.717) is 5.89 Å². The molecule has 106 valence electrons. The summed E-state index contributed by atoms with van der Waals surface area (Å²) in [4.78, 5) is 4.34. The molecule has 1 aromatic carbocycles. The number of rotatable bonds is 7. The first-order valence-electron chi connectivity index (χ1n) is 7.47. The van der Waals surface area contributed by atoms with Crippen molar-refractivity contribution in [3.8, 4) is 11.5 Å². The van der Waals surface area contributed by atoms with Gasteiger partial charge in [0.05, 0.1) is 0 Å². The zero-order valence-electron chi connectivity index (χ0n) is 11.9. The molecule has 0 bridgehead atoms. The lowest BCUT2D eigenvalue weighted by atomic mass is 10.1. The van der Waals surface area contributed by atoms with Gasteiger partial charge in [0.15, 0.2) is 5.82 Å². The zero-order chi connectivity index (χ0) is 13.8. The van der Waals surface area contributed by atoms with Crippen LogP contribution in [0.3, 0.4) is 0 Å². The van der Waals surface area contributed by atoms with E-state index in [1.807, 2.05) is 6.92 Å². The van der Waals surface area contributed by atoms with Gasteiger partial charge >= 0.3 is 0 Å². The van der Waals surface area contributed by atoms with E-state index in [4.69, 9.17) is 4.52 Å². The first-order chi connectivity index (χ1) is 9.85. The van der Waals surface area contributed by atoms with E-state index in [1.54, 1.807) is 0 Å². The Balaban J connectivity index is 1.53. The van der Waals surface area contributed by atoms with Gasteiger partial charge in [0, 0.05) is 12.0 Å². The molecule has 1 fully saturated rings. The molecular formula is C16H21N3O. The maximum absolute atomic E-state index is 5.24. The maximum atomic E-state index is 5.24. The highest BCUT2D eigenvalue weighted by atomic mass is 16.5. The third-order valence-electron chi connectivity index (χ3n) is 3.71. The summed E-state index contributed by atoms with van der Waals surface area (Å²) >= 11 is 0. The van der Waals surface area contributed by atoms with Crippen LogP contribution in [0.5, 0.6) is 0 Å². The molecular weight excluding hydrogens is 250 g/mol. The standard InChI is InChI=1S/C16H21N3O/c1-2-15-18-16(20-19-15)14-7-5-12(6-8-14)9-10-17-11-13-3-4-13/h5-8,13,17H,2-4,9-11H2,1H3. The van der Waals surface area contributed by atoms with E-state index in [9.17, 15) is 0 Å². The quantitative estimate of drug-likeness (QED) is 0.787. The summed E-state index contributed by atoms with van der Waals surface area (Å²) in [6.45, 7) is 4.25. The SMILES string of the molecule is CCc1noc(-c2ccc(CCNCC3CC3)cc2)n1. The highest BCUT2D eigenvalue weighted by Crippen LogP contribution is 2.27. The molecule has 0 unspecified atom stereocenters. The van der Waals surface area contributed by atoms with Gasteiger partial charge in [0.1, 0.15) is 0 Å². The van der Waals surface area contributed by atoms with Crippen LogP contribution in [0.25, 0.3) is 11.5 Å². The highest BCUT2D eigenvalue weighted by molar-refractivity contribution is 5.53. The van der Waals surface area contributed by atoms with Gasteiger partial charge in [-0.2, -0.15) is 4.98 Å². The summed E-state index contributed by atoms with van der Waals surface area (Å²) in [7, 11) is 0. The van der Waals surface area contributed by atoms with Crippen LogP contribution in [0.1, 0.15) is 31.2 Å². The Hall–Kier alpha value is -1.68. The Morgan fingerprint density at radius 1 is 1.25 bits per heavy atom. The largest absolute Gasteiger partial charge is 0.334 e. The minimum atomic E-state index is 0.611. The predicted molar refractivity (Wildman–Crippen MR) is 78.4 cm³/mol. The lowest BCUT2D eigenvalue weighted by molar-refractivity contribution is 0.423. The number of aromatic nitrogens is 2. The van der Waals surface area contributed by atoms with E-state index in [-0.39, 0.29) is 0 Å². The monoisotopic (exact) mass is 271 g/mol. The molecule has 0 radical (unpaired) electrons. The summed E-state index contributed by atoms with van der Waals surface area (Å²) in [6, 6.07) is 8.40. The van der Waals surface area contributed by atoms with Gasteiger partial charge in [-0.25, -0.2) is 0 Å². The molecule has 1 aromatic heterocycles. The van der Waals surface area contributed by atoms with E-state index in [1.165, 1.54) is 24.9 Å². The Labute approximate surface area is 119 Å². The van der Waals surface area contributed by atoms with Gasteiger partial charge in [-0.05, 0) is 56.0 Å². The molecule has 0 aliphatic heterocycles. The second kappa shape index (κ2) is 6.18. The summed E-state index contributed by atoms with van der Waals surface area (Å²) in [5.74, 6) is 2.32. The zero-order valence-corrected chi connectivity index (χ0v) is 11.9. The molecule has 2 aromatic rings. The van der Waals surface area contributed by atoms with Crippen LogP contribution < -0.4 is 5.32 Å². The molecule has 3 rings (SSSR count). The van der Waals surface area contributed by atoms with E-state index in [2.05, 4.69) is 39.7 Å². The molecule has 0 amide bonds. The van der Waals surface area contributed by atoms with Gasteiger partial charge in [0.2, 0.25) is 0 Å². The summed E-state index contributed by atoms with van der Waals surface area (Å²) in [5, 5.41) is 7.43. The van der Waals surface area contributed by atoms with Crippen molar-refractivity contribution >= 4 is 0 Å². The van der Waals surface area contributed by atoms with Crippen molar-refractivity contribution < 1.29 is 4.52 Å². The normalized spacial score (nSPS) is 14.7. The van der Waals surface area contributed by atoms with Crippen LogP contribution in [-0.2, 0) is 12.8 Å². The highest BCUT2D eigenvalue weighted by Gasteiger charge is 2.19. The smallest absolute Gasteiger partial charge is 0.257 e. The topological polar surface area (TPSA) is 51.0 Å². The van der Waals surface area contributed by atoms with E-state index >= 15 is 0 Å². The molecule has 4 nitrogen and oxygen atoms in total.